The van der Waals surface area contributed by atoms with Crippen LogP contribution in [0.4, 0.5) is 0 Å². The Morgan fingerprint density at radius 3 is 2.79 bits per heavy atom. The first-order valence-corrected chi connectivity index (χ1v) is 8.76. The van der Waals surface area contributed by atoms with Crippen LogP contribution in [0, 0.1) is 0 Å². The maximum atomic E-state index is 9.48. The quantitative estimate of drug-likeness (QED) is 0.337. The summed E-state index contributed by atoms with van der Waals surface area (Å²) in [5.74, 6) is 1.10. The summed E-state index contributed by atoms with van der Waals surface area (Å²) in [4.78, 5) is 10.2. The molecule has 0 aliphatic rings. The third kappa shape index (κ3) is 7.04. The molecule has 0 saturated heterocycles. The van der Waals surface area contributed by atoms with Crippen LogP contribution in [-0.2, 0) is 19.4 Å². The normalized spacial score (nSPS) is 11.0. The zero-order chi connectivity index (χ0) is 16.5. The topological polar surface area (TPSA) is 69.5 Å². The van der Waals surface area contributed by atoms with Crippen molar-refractivity contribution in [3.63, 3.8) is 0 Å². The monoisotopic (exact) mass is 460 g/mol. The minimum atomic E-state index is 0. The van der Waals surface area contributed by atoms with Crippen molar-refractivity contribution in [3.8, 4) is 5.75 Å². The highest BCUT2D eigenvalue weighted by molar-refractivity contribution is 14.0. The number of aromatic nitrogens is 1. The van der Waals surface area contributed by atoms with E-state index in [-0.39, 0.29) is 24.0 Å². The van der Waals surface area contributed by atoms with Gasteiger partial charge in [0.2, 0.25) is 0 Å². The Kier molecular flexibility index (Phi) is 9.70. The van der Waals surface area contributed by atoms with Crippen LogP contribution in [0.25, 0.3) is 0 Å². The van der Waals surface area contributed by atoms with E-state index >= 15 is 0 Å². The number of hydrogen-bond donors (Lipinski definition) is 3. The molecule has 0 amide bonds. The van der Waals surface area contributed by atoms with E-state index < -0.39 is 0 Å². The van der Waals surface area contributed by atoms with E-state index in [1.165, 1.54) is 4.88 Å². The zero-order valence-corrected chi connectivity index (χ0v) is 17.2. The zero-order valence-electron chi connectivity index (χ0n) is 14.1. The number of phenolic OH excluding ortho intramolecular Hbond substituents is 1. The highest BCUT2D eigenvalue weighted by Crippen LogP contribution is 2.14. The molecule has 0 saturated carbocycles. The number of aryl methyl sites for hydroxylation is 1. The summed E-state index contributed by atoms with van der Waals surface area (Å²) >= 11 is 1.71. The molecule has 0 aliphatic heterocycles. The fraction of sp³-hybridized carbons (Fsp3) is 0.412. The third-order valence-corrected chi connectivity index (χ3v) is 4.41. The number of hydrogen-bond acceptors (Lipinski definition) is 4. The Labute approximate surface area is 164 Å². The Morgan fingerprint density at radius 1 is 1.29 bits per heavy atom. The van der Waals surface area contributed by atoms with Gasteiger partial charge < -0.3 is 15.7 Å². The number of thiazole rings is 1. The lowest BCUT2D eigenvalue weighted by Crippen LogP contribution is -2.38. The Hall–Kier alpha value is -1.35. The van der Waals surface area contributed by atoms with Gasteiger partial charge in [-0.3, -0.25) is 0 Å². The van der Waals surface area contributed by atoms with Gasteiger partial charge in [0.05, 0.1) is 6.54 Å². The molecule has 0 radical (unpaired) electrons. The summed E-state index contributed by atoms with van der Waals surface area (Å²) in [6, 6.07) is 7.33. The van der Waals surface area contributed by atoms with Crippen molar-refractivity contribution >= 4 is 41.3 Å². The molecule has 0 atom stereocenters. The lowest BCUT2D eigenvalue weighted by atomic mass is 10.1. The minimum Gasteiger partial charge on any atom is -0.508 e. The number of rotatable bonds is 7. The SMILES string of the molecule is CCNC(=NCc1ncc(CC)s1)NCCc1cccc(O)c1.I. The molecule has 7 heteroatoms. The van der Waals surface area contributed by atoms with Crippen LogP contribution in [0.2, 0.25) is 0 Å². The van der Waals surface area contributed by atoms with Gasteiger partial charge in [0, 0.05) is 24.2 Å². The average molecular weight is 460 g/mol. The molecule has 1 aromatic carbocycles. The summed E-state index contributed by atoms with van der Waals surface area (Å²) in [5, 5.41) is 17.1. The number of aliphatic imine (C=N–C) groups is 1. The molecule has 2 aromatic rings. The second-order valence-corrected chi connectivity index (χ2v) is 6.32. The average Bonchev–Trinajstić information content (AvgIpc) is 3.01. The van der Waals surface area contributed by atoms with Crippen molar-refractivity contribution in [2.75, 3.05) is 13.1 Å². The maximum Gasteiger partial charge on any atom is 0.191 e. The Bertz CT molecular complexity index is 645. The van der Waals surface area contributed by atoms with Gasteiger partial charge >= 0.3 is 0 Å². The van der Waals surface area contributed by atoms with Crippen molar-refractivity contribution in [2.24, 2.45) is 4.99 Å². The van der Waals surface area contributed by atoms with Crippen LogP contribution in [0.3, 0.4) is 0 Å². The first-order chi connectivity index (χ1) is 11.2. The molecule has 5 nitrogen and oxygen atoms in total. The van der Waals surface area contributed by atoms with E-state index in [9.17, 15) is 5.11 Å². The smallest absolute Gasteiger partial charge is 0.191 e. The van der Waals surface area contributed by atoms with Gasteiger partial charge in [-0.25, -0.2) is 9.98 Å². The molecular formula is C17H25IN4OS. The second-order valence-electron chi connectivity index (χ2n) is 5.12. The summed E-state index contributed by atoms with van der Waals surface area (Å²) in [5.41, 5.74) is 1.10. The first kappa shape index (κ1) is 20.7. The molecule has 1 aromatic heterocycles. The van der Waals surface area contributed by atoms with Crippen molar-refractivity contribution in [3.05, 3.63) is 45.9 Å². The van der Waals surface area contributed by atoms with Crippen LogP contribution >= 0.6 is 35.3 Å². The van der Waals surface area contributed by atoms with Gasteiger partial charge in [-0.2, -0.15) is 0 Å². The summed E-state index contributed by atoms with van der Waals surface area (Å²) in [6.45, 7) is 6.34. The van der Waals surface area contributed by atoms with Crippen molar-refractivity contribution in [1.82, 2.24) is 15.6 Å². The van der Waals surface area contributed by atoms with Gasteiger partial charge in [0.1, 0.15) is 10.8 Å². The highest BCUT2D eigenvalue weighted by Gasteiger charge is 2.02. The van der Waals surface area contributed by atoms with Gasteiger partial charge in [0.15, 0.2) is 5.96 Å². The van der Waals surface area contributed by atoms with Gasteiger partial charge in [-0.05, 0) is 37.5 Å². The molecule has 3 N–H and O–H groups in total. The molecule has 24 heavy (non-hydrogen) atoms. The predicted octanol–water partition coefficient (Wildman–Crippen LogP) is 3.33. The molecule has 0 unspecified atom stereocenters. The molecule has 1 heterocycles. The predicted molar refractivity (Wildman–Crippen MR) is 112 cm³/mol. The fourth-order valence-electron chi connectivity index (χ4n) is 2.11. The van der Waals surface area contributed by atoms with Crippen molar-refractivity contribution < 1.29 is 5.11 Å². The standard InChI is InChI=1S/C17H24N4OS.HI/c1-3-15-11-20-16(23-15)12-21-17(18-4-2)19-9-8-13-6-5-7-14(22)10-13;/h5-7,10-11,22H,3-4,8-9,12H2,1-2H3,(H2,18,19,21);1H. The molecule has 132 valence electrons. The summed E-state index contributed by atoms with van der Waals surface area (Å²) in [6.07, 6.45) is 3.78. The molecule has 0 spiro atoms. The maximum absolute atomic E-state index is 9.48. The number of benzene rings is 1. The summed E-state index contributed by atoms with van der Waals surface area (Å²) < 4.78 is 0. The van der Waals surface area contributed by atoms with Crippen LogP contribution in [0.1, 0.15) is 29.3 Å². The van der Waals surface area contributed by atoms with Crippen LogP contribution < -0.4 is 10.6 Å². The highest BCUT2D eigenvalue weighted by atomic mass is 127. The first-order valence-electron chi connectivity index (χ1n) is 7.95. The van der Waals surface area contributed by atoms with Crippen LogP contribution in [-0.4, -0.2) is 29.1 Å². The third-order valence-electron chi connectivity index (χ3n) is 3.28. The number of guanidine groups is 1. The lowest BCUT2D eigenvalue weighted by Gasteiger charge is -2.11. The summed E-state index contributed by atoms with van der Waals surface area (Å²) in [7, 11) is 0. The van der Waals surface area contributed by atoms with E-state index in [0.717, 1.165) is 42.5 Å². The van der Waals surface area contributed by atoms with Gasteiger partial charge in [0.25, 0.3) is 0 Å². The number of aromatic hydroxyl groups is 1. The Balaban J connectivity index is 0.00000288. The van der Waals surface area contributed by atoms with Crippen molar-refractivity contribution in [2.45, 2.75) is 33.2 Å². The van der Waals surface area contributed by atoms with Crippen LogP contribution in [0.5, 0.6) is 5.75 Å². The number of nitrogens with zero attached hydrogens (tertiary/aromatic N) is 2. The number of halogens is 1. The lowest BCUT2D eigenvalue weighted by molar-refractivity contribution is 0.474. The fourth-order valence-corrected chi connectivity index (χ4v) is 2.90. The second kappa shape index (κ2) is 11.2. The van der Waals surface area contributed by atoms with Crippen LogP contribution in [0.15, 0.2) is 35.5 Å². The molecule has 0 fully saturated rings. The minimum absolute atomic E-state index is 0. The van der Waals surface area contributed by atoms with E-state index in [2.05, 4.69) is 27.5 Å². The van der Waals surface area contributed by atoms with Gasteiger partial charge in [-0.15, -0.1) is 35.3 Å². The molecule has 0 aliphatic carbocycles. The largest absolute Gasteiger partial charge is 0.508 e. The molecular weight excluding hydrogens is 435 g/mol. The van der Waals surface area contributed by atoms with E-state index in [1.807, 2.05) is 25.3 Å². The van der Waals surface area contributed by atoms with E-state index in [4.69, 9.17) is 0 Å². The number of nitrogens with one attached hydrogen (secondary N) is 2. The van der Waals surface area contributed by atoms with Crippen molar-refractivity contribution in [1.29, 1.82) is 0 Å². The van der Waals surface area contributed by atoms with E-state index in [0.29, 0.717) is 12.3 Å². The molecule has 0 bridgehead atoms. The molecule has 2 rings (SSSR count). The van der Waals surface area contributed by atoms with Gasteiger partial charge in [-0.1, -0.05) is 19.1 Å². The van der Waals surface area contributed by atoms with E-state index in [1.54, 1.807) is 23.5 Å². The number of phenols is 1. The Morgan fingerprint density at radius 2 is 2.12 bits per heavy atom.